The molecule has 0 aliphatic carbocycles. The van der Waals surface area contributed by atoms with Crippen LogP contribution in [0.5, 0.6) is 0 Å². The average molecular weight is 732 g/mol. The Kier molecular flexibility index (Phi) is 9.79. The summed E-state index contributed by atoms with van der Waals surface area (Å²) in [6.45, 7) is 6.43. The van der Waals surface area contributed by atoms with E-state index in [9.17, 15) is 0 Å². The molecule has 3 nitrogen and oxygen atoms in total. The molecule has 0 aromatic heterocycles. The molecule has 1 N–H and O–H groups in total. The van der Waals surface area contributed by atoms with E-state index in [2.05, 4.69) is 183 Å². The minimum atomic E-state index is -0.261. The van der Waals surface area contributed by atoms with Crippen LogP contribution in [0, 0.1) is 6.92 Å². The van der Waals surface area contributed by atoms with Gasteiger partial charge in [-0.1, -0.05) is 176 Å². The molecule has 0 saturated heterocycles. The molecule has 0 bridgehead atoms. The van der Waals surface area contributed by atoms with Crippen molar-refractivity contribution in [3.05, 3.63) is 235 Å². The highest BCUT2D eigenvalue weighted by molar-refractivity contribution is 6.13. The van der Waals surface area contributed by atoms with Crippen LogP contribution >= 0.6 is 0 Å². The lowest BCUT2D eigenvalue weighted by atomic mass is 9.90. The fourth-order valence-electron chi connectivity index (χ4n) is 7.60. The van der Waals surface area contributed by atoms with E-state index in [-0.39, 0.29) is 6.17 Å². The van der Waals surface area contributed by atoms with Crippen LogP contribution in [0.2, 0.25) is 0 Å². The summed E-state index contributed by atoms with van der Waals surface area (Å²) in [5.74, 6) is 1.50. The zero-order valence-corrected chi connectivity index (χ0v) is 31.8. The van der Waals surface area contributed by atoms with Gasteiger partial charge in [0.05, 0.1) is 0 Å². The first kappa shape index (κ1) is 35.3. The van der Waals surface area contributed by atoms with Crippen molar-refractivity contribution in [1.29, 1.82) is 0 Å². The molecular formula is C54H41N3. The van der Waals surface area contributed by atoms with Crippen LogP contribution < -0.4 is 5.32 Å². The Bertz CT molecular complexity index is 2710. The fraction of sp³-hybridized carbons (Fsp3) is 0.0370. The van der Waals surface area contributed by atoms with E-state index in [0.29, 0.717) is 5.84 Å². The molecule has 1 atom stereocenters. The van der Waals surface area contributed by atoms with E-state index in [1.807, 2.05) is 42.5 Å². The van der Waals surface area contributed by atoms with Gasteiger partial charge in [-0.3, -0.25) is 0 Å². The van der Waals surface area contributed by atoms with Crippen LogP contribution in [-0.4, -0.2) is 11.7 Å². The topological polar surface area (TPSA) is 36.8 Å². The molecule has 0 spiro atoms. The zero-order valence-electron chi connectivity index (χ0n) is 31.8. The molecule has 0 amide bonds. The van der Waals surface area contributed by atoms with Crippen LogP contribution in [-0.2, 0) is 0 Å². The number of aryl methyl sites for hydroxylation is 1. The second-order valence-electron chi connectivity index (χ2n) is 14.4. The number of nitrogens with one attached hydrogen (secondary N) is 1. The maximum absolute atomic E-state index is 5.07. The number of rotatable bonds is 9. The smallest absolute Gasteiger partial charge is 0.159 e. The van der Waals surface area contributed by atoms with Gasteiger partial charge in [0.1, 0.15) is 12.0 Å². The van der Waals surface area contributed by atoms with Gasteiger partial charge in [0.15, 0.2) is 5.84 Å². The van der Waals surface area contributed by atoms with E-state index >= 15 is 0 Å². The minimum Gasteiger partial charge on any atom is -0.344 e. The molecular weight excluding hydrogens is 691 g/mol. The van der Waals surface area contributed by atoms with Crippen LogP contribution in [0.4, 0.5) is 0 Å². The molecule has 8 aromatic rings. The molecule has 1 unspecified atom stereocenters. The van der Waals surface area contributed by atoms with Crippen molar-refractivity contribution >= 4 is 17.7 Å². The minimum absolute atomic E-state index is 0.261. The SMILES string of the molecule is C=Cc1cc(-c2cccc(-c3cc(-c4ccccc4)cc(-c4ccccc4)c3)c2)ccc1-c1cc(C2=NC(c3ccccc3)=NC(c3ccccc3)N2)ccc1C. The van der Waals surface area contributed by atoms with Gasteiger partial charge in [-0.15, -0.1) is 0 Å². The zero-order chi connectivity index (χ0) is 38.6. The first-order chi connectivity index (χ1) is 28.1. The van der Waals surface area contributed by atoms with Gasteiger partial charge in [-0.2, -0.15) is 0 Å². The van der Waals surface area contributed by atoms with Crippen LogP contribution in [0.25, 0.3) is 61.7 Å². The second-order valence-corrected chi connectivity index (χ2v) is 14.4. The third-order valence-electron chi connectivity index (χ3n) is 10.6. The van der Waals surface area contributed by atoms with Crippen molar-refractivity contribution < 1.29 is 0 Å². The van der Waals surface area contributed by atoms with Crippen molar-refractivity contribution in [2.75, 3.05) is 0 Å². The highest BCUT2D eigenvalue weighted by atomic mass is 15.2. The average Bonchev–Trinajstić information content (AvgIpc) is 3.30. The molecule has 1 aliphatic rings. The number of benzene rings is 8. The highest BCUT2D eigenvalue weighted by Crippen LogP contribution is 2.37. The number of aliphatic imine (C=N–C) groups is 2. The monoisotopic (exact) mass is 731 g/mol. The summed E-state index contributed by atoms with van der Waals surface area (Å²) in [6.07, 6.45) is 1.70. The van der Waals surface area contributed by atoms with E-state index in [4.69, 9.17) is 9.98 Å². The number of amidine groups is 2. The summed E-state index contributed by atoms with van der Waals surface area (Å²) in [4.78, 5) is 10.1. The van der Waals surface area contributed by atoms with Crippen LogP contribution in [0.3, 0.4) is 0 Å². The lowest BCUT2D eigenvalue weighted by Crippen LogP contribution is -2.33. The largest absolute Gasteiger partial charge is 0.344 e. The van der Waals surface area contributed by atoms with Gasteiger partial charge in [-0.05, 0) is 116 Å². The Labute approximate surface area is 335 Å². The summed E-state index contributed by atoms with van der Waals surface area (Å²) < 4.78 is 0. The fourth-order valence-corrected chi connectivity index (χ4v) is 7.60. The van der Waals surface area contributed by atoms with Crippen molar-refractivity contribution in [2.45, 2.75) is 13.1 Å². The molecule has 0 saturated carbocycles. The molecule has 0 radical (unpaired) electrons. The van der Waals surface area contributed by atoms with Gasteiger partial charge in [0.2, 0.25) is 0 Å². The predicted molar refractivity (Wildman–Crippen MR) is 240 cm³/mol. The quantitative estimate of drug-likeness (QED) is 0.158. The standard InChI is InChI=1S/C54H41N3/c1-3-38-31-45(43-25-16-26-44(32-43)49-34-47(39-17-8-4-9-18-39)33-48(35-49)40-19-10-5-11-20-40)29-30-50(38)51-36-46(28-27-37(51)2)54-56-52(41-21-12-6-13-22-41)55-53(57-54)42-23-14-7-15-24-42/h3-36,52H,1H2,2H3,(H,55,56,57). The predicted octanol–water partition coefficient (Wildman–Crippen LogP) is 13.5. The highest BCUT2D eigenvalue weighted by Gasteiger charge is 2.22. The van der Waals surface area contributed by atoms with E-state index in [1.165, 1.54) is 38.9 Å². The van der Waals surface area contributed by atoms with Crippen molar-refractivity contribution in [1.82, 2.24) is 5.32 Å². The lowest BCUT2D eigenvalue weighted by Gasteiger charge is -2.24. The maximum Gasteiger partial charge on any atom is 0.159 e. The summed E-state index contributed by atoms with van der Waals surface area (Å²) in [6, 6.07) is 70.8. The summed E-state index contributed by atoms with van der Waals surface area (Å²) in [7, 11) is 0. The first-order valence-corrected chi connectivity index (χ1v) is 19.4. The van der Waals surface area contributed by atoms with Crippen molar-refractivity contribution in [2.24, 2.45) is 9.98 Å². The van der Waals surface area contributed by atoms with Gasteiger partial charge < -0.3 is 5.32 Å². The van der Waals surface area contributed by atoms with E-state index in [0.717, 1.165) is 50.3 Å². The molecule has 3 heteroatoms. The van der Waals surface area contributed by atoms with Crippen molar-refractivity contribution in [3.8, 4) is 55.6 Å². The van der Waals surface area contributed by atoms with Gasteiger partial charge in [0.25, 0.3) is 0 Å². The molecule has 57 heavy (non-hydrogen) atoms. The van der Waals surface area contributed by atoms with E-state index < -0.39 is 0 Å². The molecule has 272 valence electrons. The summed E-state index contributed by atoms with van der Waals surface area (Å²) in [5, 5.41) is 3.63. The molecule has 9 rings (SSSR count). The Hall–Kier alpha value is -7.36. The summed E-state index contributed by atoms with van der Waals surface area (Å²) >= 11 is 0. The van der Waals surface area contributed by atoms with Crippen LogP contribution in [0.15, 0.2) is 217 Å². The Morgan fingerprint density at radius 1 is 0.439 bits per heavy atom. The maximum atomic E-state index is 5.07. The van der Waals surface area contributed by atoms with Crippen LogP contribution in [0.1, 0.15) is 34.0 Å². The first-order valence-electron chi connectivity index (χ1n) is 19.4. The molecule has 0 fully saturated rings. The molecule has 1 aliphatic heterocycles. The third kappa shape index (κ3) is 7.52. The molecule has 1 heterocycles. The van der Waals surface area contributed by atoms with Gasteiger partial charge in [0, 0.05) is 11.1 Å². The Morgan fingerprint density at radius 3 is 1.54 bits per heavy atom. The Balaban J connectivity index is 1.07. The second kappa shape index (κ2) is 15.8. The lowest BCUT2D eigenvalue weighted by molar-refractivity contribution is 0.674. The van der Waals surface area contributed by atoms with Gasteiger partial charge in [-0.25, -0.2) is 9.98 Å². The number of nitrogens with zero attached hydrogens (tertiary/aromatic N) is 2. The molecule has 8 aromatic carbocycles. The summed E-state index contributed by atoms with van der Waals surface area (Å²) in [5.41, 5.74) is 17.0. The van der Waals surface area contributed by atoms with E-state index in [1.54, 1.807) is 0 Å². The number of hydrogen-bond acceptors (Lipinski definition) is 3. The number of hydrogen-bond donors (Lipinski definition) is 1. The normalized spacial score (nSPS) is 13.6. The van der Waals surface area contributed by atoms with Gasteiger partial charge >= 0.3 is 0 Å². The third-order valence-corrected chi connectivity index (χ3v) is 10.6. The van der Waals surface area contributed by atoms with Crippen molar-refractivity contribution in [3.63, 3.8) is 0 Å². The Morgan fingerprint density at radius 2 is 0.930 bits per heavy atom.